The Balaban J connectivity index is 2.18. The van der Waals surface area contributed by atoms with Crippen LogP contribution in [0.2, 0.25) is 0 Å². The van der Waals surface area contributed by atoms with Gasteiger partial charge in [-0.1, -0.05) is 34.1 Å². The summed E-state index contributed by atoms with van der Waals surface area (Å²) in [5.41, 5.74) is 10.0. The number of aryl methyl sites for hydroxylation is 1. The first-order valence-electron chi connectivity index (χ1n) is 5.82. The van der Waals surface area contributed by atoms with Gasteiger partial charge in [-0.25, -0.2) is 0 Å². The van der Waals surface area contributed by atoms with E-state index in [0.29, 0.717) is 0 Å². The molecule has 18 heavy (non-hydrogen) atoms. The van der Waals surface area contributed by atoms with Gasteiger partial charge in [-0.15, -0.1) is 0 Å². The lowest BCUT2D eigenvalue weighted by Crippen LogP contribution is -2.14. The smallest absolute Gasteiger partial charge is 0.0338 e. The molecule has 94 valence electrons. The zero-order valence-electron chi connectivity index (χ0n) is 10.2. The van der Waals surface area contributed by atoms with Gasteiger partial charge in [0.25, 0.3) is 0 Å². The topological polar surface area (TPSA) is 26.0 Å². The van der Waals surface area contributed by atoms with Gasteiger partial charge in [0.1, 0.15) is 0 Å². The highest BCUT2D eigenvalue weighted by Gasteiger charge is 2.10. The number of benzene rings is 2. The van der Waals surface area contributed by atoms with E-state index in [1.165, 1.54) is 20.3 Å². The van der Waals surface area contributed by atoms with Crippen LogP contribution in [0.1, 0.15) is 22.7 Å². The van der Waals surface area contributed by atoms with Crippen LogP contribution in [0, 0.1) is 10.5 Å². The third-order valence-corrected chi connectivity index (χ3v) is 4.22. The zero-order chi connectivity index (χ0) is 13.1. The molecule has 0 saturated carbocycles. The van der Waals surface area contributed by atoms with Gasteiger partial charge >= 0.3 is 0 Å². The largest absolute Gasteiger partial charge is 0.324 e. The van der Waals surface area contributed by atoms with Gasteiger partial charge in [0.15, 0.2) is 0 Å². The third kappa shape index (κ3) is 3.56. The van der Waals surface area contributed by atoms with E-state index in [0.717, 1.165) is 10.9 Å². The minimum Gasteiger partial charge on any atom is -0.324 e. The second-order valence-electron chi connectivity index (χ2n) is 4.44. The summed E-state index contributed by atoms with van der Waals surface area (Å²) in [7, 11) is 0. The quantitative estimate of drug-likeness (QED) is 0.728. The molecule has 1 unspecified atom stereocenters. The fraction of sp³-hybridized carbons (Fsp3) is 0.200. The van der Waals surface area contributed by atoms with Crippen LogP contribution < -0.4 is 5.73 Å². The molecule has 2 rings (SSSR count). The first-order chi connectivity index (χ1) is 8.56. The van der Waals surface area contributed by atoms with Crippen LogP contribution in [0.4, 0.5) is 0 Å². The molecule has 0 radical (unpaired) electrons. The van der Waals surface area contributed by atoms with Gasteiger partial charge in [-0.3, -0.25) is 0 Å². The Hall–Kier alpha value is -0.390. The van der Waals surface area contributed by atoms with E-state index in [4.69, 9.17) is 5.73 Å². The lowest BCUT2D eigenvalue weighted by atomic mass is 9.96. The highest BCUT2D eigenvalue weighted by Crippen LogP contribution is 2.23. The molecule has 2 N–H and O–H groups in total. The van der Waals surface area contributed by atoms with Crippen molar-refractivity contribution < 1.29 is 0 Å². The van der Waals surface area contributed by atoms with Gasteiger partial charge in [-0.05, 0) is 76.9 Å². The molecular weight excluding hydrogens is 401 g/mol. The predicted octanol–water partition coefficient (Wildman–Crippen LogP) is 4.60. The molecular formula is C15H15BrIN. The van der Waals surface area contributed by atoms with E-state index >= 15 is 0 Å². The summed E-state index contributed by atoms with van der Waals surface area (Å²) in [6, 6.07) is 14.9. The summed E-state index contributed by atoms with van der Waals surface area (Å²) in [5, 5.41) is 0. The molecule has 3 heteroatoms. The first-order valence-corrected chi connectivity index (χ1v) is 7.69. The lowest BCUT2D eigenvalue weighted by molar-refractivity contribution is 0.716. The number of nitrogens with two attached hydrogens (primary N) is 1. The maximum Gasteiger partial charge on any atom is 0.0338 e. The fourth-order valence-corrected chi connectivity index (χ4v) is 2.73. The highest BCUT2D eigenvalue weighted by atomic mass is 127. The third-order valence-electron chi connectivity index (χ3n) is 3.01. The van der Waals surface area contributed by atoms with Crippen molar-refractivity contribution in [1.82, 2.24) is 0 Å². The second-order valence-corrected chi connectivity index (χ2v) is 6.60. The molecule has 0 saturated heterocycles. The van der Waals surface area contributed by atoms with Gasteiger partial charge < -0.3 is 5.73 Å². The Morgan fingerprint density at radius 3 is 2.50 bits per heavy atom. The predicted molar refractivity (Wildman–Crippen MR) is 88.7 cm³/mol. The molecule has 1 nitrogen and oxygen atoms in total. The van der Waals surface area contributed by atoms with Crippen LogP contribution in [0.3, 0.4) is 0 Å². The molecule has 0 aromatic heterocycles. The average Bonchev–Trinajstić information content (AvgIpc) is 2.35. The first kappa shape index (κ1) is 14.0. The summed E-state index contributed by atoms with van der Waals surface area (Å²) in [6.07, 6.45) is 0.869. The molecule has 0 aliphatic rings. The van der Waals surface area contributed by atoms with E-state index in [1.54, 1.807) is 0 Å². The second kappa shape index (κ2) is 6.17. The van der Waals surface area contributed by atoms with Gasteiger partial charge in [0, 0.05) is 14.1 Å². The number of hydrogen-bond acceptors (Lipinski definition) is 1. The van der Waals surface area contributed by atoms with Crippen molar-refractivity contribution in [3.05, 3.63) is 67.2 Å². The minimum absolute atomic E-state index is 0.0440. The van der Waals surface area contributed by atoms with Gasteiger partial charge in [0.2, 0.25) is 0 Å². The van der Waals surface area contributed by atoms with E-state index in [2.05, 4.69) is 87.9 Å². The Labute approximate surface area is 130 Å². The van der Waals surface area contributed by atoms with E-state index in [9.17, 15) is 0 Å². The molecule has 0 aliphatic heterocycles. The van der Waals surface area contributed by atoms with Crippen molar-refractivity contribution in [3.63, 3.8) is 0 Å². The van der Waals surface area contributed by atoms with Crippen molar-refractivity contribution in [3.8, 4) is 0 Å². The van der Waals surface area contributed by atoms with Crippen LogP contribution >= 0.6 is 38.5 Å². The van der Waals surface area contributed by atoms with Crippen LogP contribution in [-0.4, -0.2) is 0 Å². The van der Waals surface area contributed by atoms with Crippen LogP contribution in [0.15, 0.2) is 46.9 Å². The molecule has 2 aromatic carbocycles. The van der Waals surface area contributed by atoms with Gasteiger partial charge in [-0.2, -0.15) is 0 Å². The normalized spacial score (nSPS) is 12.4. The summed E-state index contributed by atoms with van der Waals surface area (Å²) >= 11 is 5.82. The Morgan fingerprint density at radius 1 is 1.17 bits per heavy atom. The van der Waals surface area contributed by atoms with Crippen LogP contribution in [-0.2, 0) is 6.42 Å². The molecule has 0 amide bonds. The maximum absolute atomic E-state index is 6.31. The number of hydrogen-bond donors (Lipinski definition) is 1. The molecule has 0 heterocycles. The fourth-order valence-electron chi connectivity index (χ4n) is 2.00. The maximum atomic E-state index is 6.31. The van der Waals surface area contributed by atoms with Crippen LogP contribution in [0.25, 0.3) is 0 Å². The SMILES string of the molecule is Cc1ccc(Br)cc1C(N)Cc1ccc(I)cc1. The molecule has 0 spiro atoms. The monoisotopic (exact) mass is 415 g/mol. The van der Waals surface area contributed by atoms with Crippen molar-refractivity contribution in [2.75, 3.05) is 0 Å². The summed E-state index contributed by atoms with van der Waals surface area (Å²) in [4.78, 5) is 0. The Kier molecular flexibility index (Phi) is 4.81. The lowest BCUT2D eigenvalue weighted by Gasteiger charge is -2.15. The van der Waals surface area contributed by atoms with Gasteiger partial charge in [0.05, 0.1) is 0 Å². The Bertz CT molecular complexity index is 537. The summed E-state index contributed by atoms with van der Waals surface area (Å²) in [6.45, 7) is 2.11. The molecule has 0 fully saturated rings. The molecule has 0 aliphatic carbocycles. The van der Waals surface area contributed by atoms with E-state index < -0.39 is 0 Å². The zero-order valence-corrected chi connectivity index (χ0v) is 13.9. The standard InChI is InChI=1S/C15H15BrIN/c1-10-2-5-12(16)9-14(10)15(18)8-11-3-6-13(17)7-4-11/h2-7,9,15H,8,18H2,1H3. The molecule has 2 aromatic rings. The van der Waals surface area contributed by atoms with Crippen molar-refractivity contribution in [2.24, 2.45) is 5.73 Å². The number of halogens is 2. The average molecular weight is 416 g/mol. The molecule has 1 atom stereocenters. The highest BCUT2D eigenvalue weighted by molar-refractivity contribution is 14.1. The van der Waals surface area contributed by atoms with Crippen LogP contribution in [0.5, 0.6) is 0 Å². The summed E-state index contributed by atoms with van der Waals surface area (Å²) < 4.78 is 2.34. The van der Waals surface area contributed by atoms with E-state index in [-0.39, 0.29) is 6.04 Å². The Morgan fingerprint density at radius 2 is 1.83 bits per heavy atom. The summed E-state index contributed by atoms with van der Waals surface area (Å²) in [5.74, 6) is 0. The minimum atomic E-state index is 0.0440. The van der Waals surface area contributed by atoms with Crippen molar-refractivity contribution >= 4 is 38.5 Å². The van der Waals surface area contributed by atoms with Crippen molar-refractivity contribution in [2.45, 2.75) is 19.4 Å². The number of rotatable bonds is 3. The van der Waals surface area contributed by atoms with Crippen molar-refractivity contribution in [1.29, 1.82) is 0 Å². The molecule has 0 bridgehead atoms. The van der Waals surface area contributed by atoms with E-state index in [1.807, 2.05) is 0 Å².